The average Bonchev–Trinajstić information content (AvgIpc) is 3.23. The summed E-state index contributed by atoms with van der Waals surface area (Å²) >= 11 is 0. The van der Waals surface area contributed by atoms with Gasteiger partial charge in [-0.1, -0.05) is 19.3 Å². The third-order valence-electron chi connectivity index (χ3n) is 10.7. The van der Waals surface area contributed by atoms with Crippen LogP contribution in [-0.2, 0) is 9.53 Å². The van der Waals surface area contributed by atoms with Crippen LogP contribution in [-0.4, -0.2) is 60.6 Å². The maximum atomic E-state index is 13.8. The molecule has 7 nitrogen and oxygen atoms in total. The van der Waals surface area contributed by atoms with E-state index in [9.17, 15) is 4.79 Å². The van der Waals surface area contributed by atoms with Crippen molar-refractivity contribution in [3.8, 4) is 0 Å². The van der Waals surface area contributed by atoms with Gasteiger partial charge in [0.05, 0.1) is 18.0 Å². The summed E-state index contributed by atoms with van der Waals surface area (Å²) in [6, 6.07) is 0.849. The summed E-state index contributed by atoms with van der Waals surface area (Å²) in [5.41, 5.74) is 12.1. The second-order valence-electron chi connectivity index (χ2n) is 12.6. The first-order valence-corrected chi connectivity index (χ1v) is 14.6. The van der Waals surface area contributed by atoms with Crippen LogP contribution in [0.25, 0.3) is 0 Å². The van der Waals surface area contributed by atoms with Crippen LogP contribution >= 0.6 is 0 Å². The normalized spacial score (nSPS) is 44.3. The molecule has 8 atom stereocenters. The molecule has 4 saturated carbocycles. The number of fused-ring (bicyclic) bond motifs is 2. The molecule has 5 rings (SSSR count). The Hall–Kier alpha value is -1.18. The number of likely N-dealkylation sites (tertiary alicyclic amines) is 1. The minimum Gasteiger partial charge on any atom is -0.387 e. The van der Waals surface area contributed by atoms with Crippen molar-refractivity contribution >= 4 is 11.7 Å². The molecule has 0 aromatic heterocycles. The monoisotopic (exact) mass is 487 g/mol. The molecular weight excluding hydrogens is 438 g/mol. The van der Waals surface area contributed by atoms with Crippen LogP contribution in [0.1, 0.15) is 89.9 Å². The van der Waals surface area contributed by atoms with Gasteiger partial charge in [-0.25, -0.2) is 0 Å². The molecule has 6 N–H and O–H groups in total. The van der Waals surface area contributed by atoms with Gasteiger partial charge in [-0.2, -0.15) is 0 Å². The van der Waals surface area contributed by atoms with Crippen molar-refractivity contribution < 1.29 is 9.53 Å². The van der Waals surface area contributed by atoms with Crippen LogP contribution in [0.5, 0.6) is 0 Å². The maximum absolute atomic E-state index is 13.8. The first kappa shape index (κ1) is 25.5. The van der Waals surface area contributed by atoms with E-state index in [2.05, 4.69) is 10.2 Å². The lowest BCUT2D eigenvalue weighted by atomic mass is 9.64. The van der Waals surface area contributed by atoms with Crippen molar-refractivity contribution in [2.24, 2.45) is 41.1 Å². The van der Waals surface area contributed by atoms with E-state index in [0.29, 0.717) is 35.9 Å². The van der Waals surface area contributed by atoms with Gasteiger partial charge in [-0.3, -0.25) is 15.1 Å². The van der Waals surface area contributed by atoms with E-state index in [1.54, 1.807) is 0 Å². The zero-order valence-corrected chi connectivity index (χ0v) is 21.8. The van der Waals surface area contributed by atoms with Gasteiger partial charge in [-0.15, -0.1) is 0 Å². The van der Waals surface area contributed by atoms with Crippen molar-refractivity contribution in [2.75, 3.05) is 13.7 Å². The average molecular weight is 488 g/mol. The highest BCUT2D eigenvalue weighted by Crippen LogP contribution is 2.48. The molecular formula is C28H49N5O2. The molecule has 7 heteroatoms. The van der Waals surface area contributed by atoms with Gasteiger partial charge in [-0.05, 0) is 88.4 Å². The summed E-state index contributed by atoms with van der Waals surface area (Å²) < 4.78 is 6.09. The van der Waals surface area contributed by atoms with Gasteiger partial charge in [0.2, 0.25) is 5.91 Å². The van der Waals surface area contributed by atoms with Crippen LogP contribution in [0.3, 0.4) is 0 Å². The molecule has 35 heavy (non-hydrogen) atoms. The molecule has 4 aliphatic carbocycles. The van der Waals surface area contributed by atoms with Crippen LogP contribution in [0.4, 0.5) is 0 Å². The van der Waals surface area contributed by atoms with E-state index in [0.717, 1.165) is 76.2 Å². The molecule has 1 aliphatic heterocycles. The minimum absolute atomic E-state index is 0.0622. The van der Waals surface area contributed by atoms with Crippen molar-refractivity contribution in [2.45, 2.75) is 120 Å². The van der Waals surface area contributed by atoms with Crippen LogP contribution in [0.15, 0.2) is 0 Å². The molecule has 0 bridgehead atoms. The SMILES string of the molecule is COC1CCC2CCCCC2C1CN1C(C(=O)NC2CCC(N)CC2)CC2CCC(C(=N)N)CC21. The molecule has 1 heterocycles. The topological polar surface area (TPSA) is 117 Å². The number of ether oxygens (including phenoxy) is 1. The van der Waals surface area contributed by atoms with Gasteiger partial charge < -0.3 is 21.5 Å². The molecule has 0 radical (unpaired) electrons. The predicted octanol–water partition coefficient (Wildman–Crippen LogP) is 3.40. The number of nitrogens with zero attached hydrogens (tertiary/aromatic N) is 1. The molecule has 5 aliphatic rings. The maximum Gasteiger partial charge on any atom is 0.237 e. The Morgan fingerprint density at radius 2 is 1.71 bits per heavy atom. The molecule has 8 unspecified atom stereocenters. The predicted molar refractivity (Wildman–Crippen MR) is 139 cm³/mol. The van der Waals surface area contributed by atoms with Gasteiger partial charge >= 0.3 is 0 Å². The highest BCUT2D eigenvalue weighted by Gasteiger charge is 2.50. The number of amidine groups is 1. The van der Waals surface area contributed by atoms with Gasteiger partial charge in [0, 0.05) is 43.6 Å². The Morgan fingerprint density at radius 1 is 0.971 bits per heavy atom. The zero-order chi connectivity index (χ0) is 24.5. The van der Waals surface area contributed by atoms with Gasteiger partial charge in [0.1, 0.15) is 0 Å². The summed E-state index contributed by atoms with van der Waals surface area (Å²) in [6.07, 6.45) is 16.1. The molecule has 5 fully saturated rings. The van der Waals surface area contributed by atoms with E-state index in [1.165, 1.54) is 32.1 Å². The molecule has 0 aromatic carbocycles. The summed E-state index contributed by atoms with van der Waals surface area (Å²) in [5.74, 6) is 3.29. The lowest BCUT2D eigenvalue weighted by Crippen LogP contribution is -2.55. The molecule has 0 aromatic rings. The van der Waals surface area contributed by atoms with Crippen LogP contribution in [0, 0.1) is 35.0 Å². The number of hydrogen-bond donors (Lipinski definition) is 4. The first-order valence-electron chi connectivity index (χ1n) is 14.6. The second kappa shape index (κ2) is 11.1. The Kier molecular flexibility index (Phi) is 8.05. The van der Waals surface area contributed by atoms with E-state index in [4.69, 9.17) is 21.6 Å². The van der Waals surface area contributed by atoms with Gasteiger partial charge in [0.25, 0.3) is 0 Å². The fourth-order valence-corrected chi connectivity index (χ4v) is 8.72. The largest absolute Gasteiger partial charge is 0.387 e. The van der Waals surface area contributed by atoms with E-state index in [-0.39, 0.29) is 23.9 Å². The molecule has 1 amide bonds. The smallest absolute Gasteiger partial charge is 0.237 e. The van der Waals surface area contributed by atoms with Crippen molar-refractivity contribution in [3.05, 3.63) is 0 Å². The van der Waals surface area contributed by atoms with Crippen molar-refractivity contribution in [1.29, 1.82) is 5.41 Å². The Labute approximate surface area is 212 Å². The number of carbonyl (C=O) groups is 1. The highest BCUT2D eigenvalue weighted by molar-refractivity contribution is 5.83. The lowest BCUT2D eigenvalue weighted by Gasteiger charge is -2.48. The number of rotatable bonds is 6. The number of carbonyl (C=O) groups excluding carboxylic acids is 1. The second-order valence-corrected chi connectivity index (χ2v) is 12.6. The van der Waals surface area contributed by atoms with Gasteiger partial charge in [0.15, 0.2) is 0 Å². The minimum atomic E-state index is -0.0622. The van der Waals surface area contributed by atoms with E-state index in [1.807, 2.05) is 7.11 Å². The molecule has 198 valence electrons. The number of nitrogens with two attached hydrogens (primary N) is 2. The summed E-state index contributed by atoms with van der Waals surface area (Å²) in [6.45, 7) is 0.957. The lowest BCUT2D eigenvalue weighted by molar-refractivity contribution is -0.128. The Bertz CT molecular complexity index is 754. The number of methoxy groups -OCH3 is 1. The van der Waals surface area contributed by atoms with E-state index >= 15 is 0 Å². The number of hydrogen-bond acceptors (Lipinski definition) is 5. The number of amides is 1. The quantitative estimate of drug-likeness (QED) is 0.338. The molecule has 0 spiro atoms. The highest BCUT2D eigenvalue weighted by atomic mass is 16.5. The molecule has 1 saturated heterocycles. The third kappa shape index (κ3) is 5.42. The Balaban J connectivity index is 1.36. The van der Waals surface area contributed by atoms with Crippen LogP contribution < -0.4 is 16.8 Å². The third-order valence-corrected chi connectivity index (χ3v) is 10.7. The van der Waals surface area contributed by atoms with Crippen molar-refractivity contribution in [3.63, 3.8) is 0 Å². The number of nitrogens with one attached hydrogen (secondary N) is 2. The first-order chi connectivity index (χ1) is 16.9. The van der Waals surface area contributed by atoms with Crippen molar-refractivity contribution in [1.82, 2.24) is 10.2 Å². The Morgan fingerprint density at radius 3 is 2.46 bits per heavy atom. The summed E-state index contributed by atoms with van der Waals surface area (Å²) in [4.78, 5) is 16.3. The fourth-order valence-electron chi connectivity index (χ4n) is 8.72. The zero-order valence-electron chi connectivity index (χ0n) is 21.8. The van der Waals surface area contributed by atoms with E-state index < -0.39 is 0 Å². The van der Waals surface area contributed by atoms with Crippen LogP contribution in [0.2, 0.25) is 0 Å². The summed E-state index contributed by atoms with van der Waals surface area (Å²) in [5, 5.41) is 11.6. The summed E-state index contributed by atoms with van der Waals surface area (Å²) in [7, 11) is 1.89. The fraction of sp³-hybridized carbons (Fsp3) is 0.929. The standard InChI is InChI=1S/C28H49N5O2/c1-35-26-13-8-17-4-2-3-5-22(17)23(26)16-33-24-15-19(27(30)31)7-6-18(24)14-25(33)28(34)32-21-11-9-20(29)10-12-21/h17-26H,2-16,29H2,1H3,(H3,30,31)(H,32,34).